The molecule has 0 radical (unpaired) electrons. The smallest absolute Gasteiger partial charge is 0.237 e. The Bertz CT molecular complexity index is 447. The van der Waals surface area contributed by atoms with Crippen LogP contribution < -0.4 is 16.2 Å². The van der Waals surface area contributed by atoms with Crippen molar-refractivity contribution in [3.05, 3.63) is 29.6 Å². The summed E-state index contributed by atoms with van der Waals surface area (Å²) in [6, 6.07) is 4.31. The summed E-state index contributed by atoms with van der Waals surface area (Å²) in [6.45, 7) is 5.13. The quantitative estimate of drug-likeness (QED) is 0.835. The molecule has 0 aliphatic heterocycles. The van der Waals surface area contributed by atoms with Crippen molar-refractivity contribution in [1.29, 1.82) is 0 Å². The number of amides is 1. The summed E-state index contributed by atoms with van der Waals surface area (Å²) in [4.78, 5) is 11.1. The second kappa shape index (κ2) is 5.35. The molecule has 5 heteroatoms. The lowest BCUT2D eigenvalue weighted by Crippen LogP contribution is -2.51. The molecule has 18 heavy (non-hydrogen) atoms. The van der Waals surface area contributed by atoms with Crippen LogP contribution in [0.5, 0.6) is 5.75 Å². The zero-order chi connectivity index (χ0) is 13.9. The minimum absolute atomic E-state index is 0.262. The van der Waals surface area contributed by atoms with Gasteiger partial charge < -0.3 is 16.2 Å². The fourth-order valence-corrected chi connectivity index (χ4v) is 1.66. The monoisotopic (exact) mass is 254 g/mol. The first kappa shape index (κ1) is 14.4. The van der Waals surface area contributed by atoms with Gasteiger partial charge in [-0.3, -0.25) is 4.79 Å². The van der Waals surface area contributed by atoms with Crippen LogP contribution in [-0.4, -0.2) is 17.6 Å². The van der Waals surface area contributed by atoms with Crippen molar-refractivity contribution in [3.8, 4) is 5.75 Å². The summed E-state index contributed by atoms with van der Waals surface area (Å²) >= 11 is 0. The Labute approximate surface area is 106 Å². The van der Waals surface area contributed by atoms with Crippen LogP contribution in [0.2, 0.25) is 0 Å². The number of aryl methyl sites for hydroxylation is 1. The summed E-state index contributed by atoms with van der Waals surface area (Å²) in [5.74, 6) is -0.509. The molecule has 2 unspecified atom stereocenters. The van der Waals surface area contributed by atoms with Gasteiger partial charge in [0.2, 0.25) is 5.91 Å². The first-order valence-electron chi connectivity index (χ1n) is 5.74. The summed E-state index contributed by atoms with van der Waals surface area (Å²) < 4.78 is 18.7. The van der Waals surface area contributed by atoms with Crippen LogP contribution in [0.4, 0.5) is 4.39 Å². The van der Waals surface area contributed by atoms with Crippen LogP contribution in [0.25, 0.3) is 0 Å². The predicted octanol–water partition coefficient (Wildman–Crippen LogP) is 1.49. The minimum Gasteiger partial charge on any atom is -0.490 e. The predicted molar refractivity (Wildman–Crippen MR) is 67.6 cm³/mol. The maximum absolute atomic E-state index is 13.1. The molecule has 1 aromatic rings. The Morgan fingerprint density at radius 2 is 2.17 bits per heavy atom. The van der Waals surface area contributed by atoms with Gasteiger partial charge in [-0.1, -0.05) is 6.07 Å². The largest absolute Gasteiger partial charge is 0.490 e. The molecule has 2 atom stereocenters. The fraction of sp³-hybridized carbons (Fsp3) is 0.462. The summed E-state index contributed by atoms with van der Waals surface area (Å²) in [7, 11) is 0. The van der Waals surface area contributed by atoms with Gasteiger partial charge in [0.15, 0.2) is 0 Å². The van der Waals surface area contributed by atoms with E-state index in [0.717, 1.165) is 5.56 Å². The van der Waals surface area contributed by atoms with Crippen LogP contribution >= 0.6 is 0 Å². The van der Waals surface area contributed by atoms with E-state index < -0.39 is 11.4 Å². The lowest BCUT2D eigenvalue weighted by molar-refractivity contribution is -0.123. The molecule has 0 spiro atoms. The van der Waals surface area contributed by atoms with Crippen LogP contribution in [0.1, 0.15) is 25.8 Å². The SMILES string of the molecule is Cc1ccc(F)cc1OC(C)CC(C)(N)C(N)=O. The first-order valence-corrected chi connectivity index (χ1v) is 5.74. The van der Waals surface area contributed by atoms with E-state index in [2.05, 4.69) is 0 Å². The van der Waals surface area contributed by atoms with Gasteiger partial charge in [-0.2, -0.15) is 0 Å². The summed E-state index contributed by atoms with van der Waals surface area (Å²) in [6.07, 6.45) is -0.0776. The number of carbonyl (C=O) groups is 1. The highest BCUT2D eigenvalue weighted by molar-refractivity contribution is 5.83. The molecule has 0 saturated heterocycles. The molecule has 1 aromatic carbocycles. The zero-order valence-corrected chi connectivity index (χ0v) is 10.9. The van der Waals surface area contributed by atoms with Crippen molar-refractivity contribution in [2.45, 2.75) is 38.8 Å². The summed E-state index contributed by atoms with van der Waals surface area (Å²) in [5, 5.41) is 0. The van der Waals surface area contributed by atoms with E-state index in [4.69, 9.17) is 16.2 Å². The Hall–Kier alpha value is -1.62. The van der Waals surface area contributed by atoms with Gasteiger partial charge in [0.05, 0.1) is 11.6 Å². The van der Waals surface area contributed by atoms with Gasteiger partial charge in [0.25, 0.3) is 0 Å². The number of carbonyl (C=O) groups excluding carboxylic acids is 1. The van der Waals surface area contributed by atoms with E-state index in [1.165, 1.54) is 12.1 Å². The molecule has 1 rings (SSSR count). The molecule has 0 aliphatic carbocycles. The standard InChI is InChI=1S/C13H19FN2O2/c1-8-4-5-10(14)6-11(8)18-9(2)7-13(3,16)12(15)17/h4-6,9H,7,16H2,1-3H3,(H2,15,17). The van der Waals surface area contributed by atoms with E-state index in [0.29, 0.717) is 5.75 Å². The minimum atomic E-state index is -1.14. The zero-order valence-electron chi connectivity index (χ0n) is 10.9. The van der Waals surface area contributed by atoms with Crippen molar-refractivity contribution in [3.63, 3.8) is 0 Å². The molecular weight excluding hydrogens is 235 g/mol. The Morgan fingerprint density at radius 3 is 2.72 bits per heavy atom. The molecule has 0 saturated carbocycles. The van der Waals surface area contributed by atoms with E-state index in [1.54, 1.807) is 19.9 Å². The number of hydrogen-bond donors (Lipinski definition) is 2. The topological polar surface area (TPSA) is 78.3 Å². The Balaban J connectivity index is 2.73. The molecular formula is C13H19FN2O2. The maximum Gasteiger partial charge on any atom is 0.237 e. The van der Waals surface area contributed by atoms with Crippen molar-refractivity contribution >= 4 is 5.91 Å². The highest BCUT2D eigenvalue weighted by atomic mass is 19.1. The van der Waals surface area contributed by atoms with Crippen molar-refractivity contribution < 1.29 is 13.9 Å². The van der Waals surface area contributed by atoms with E-state index in [-0.39, 0.29) is 18.3 Å². The van der Waals surface area contributed by atoms with Gasteiger partial charge in [0.1, 0.15) is 11.6 Å². The second-order valence-corrected chi connectivity index (χ2v) is 4.82. The molecule has 4 N–H and O–H groups in total. The number of ether oxygens (including phenoxy) is 1. The fourth-order valence-electron chi connectivity index (χ4n) is 1.66. The third kappa shape index (κ3) is 3.70. The van der Waals surface area contributed by atoms with Crippen LogP contribution in [0.15, 0.2) is 18.2 Å². The molecule has 0 bridgehead atoms. The molecule has 1 amide bonds. The van der Waals surface area contributed by atoms with Gasteiger partial charge in [-0.25, -0.2) is 4.39 Å². The molecule has 100 valence electrons. The summed E-state index contributed by atoms with van der Waals surface area (Å²) in [5.41, 5.74) is 10.6. The number of hydrogen-bond acceptors (Lipinski definition) is 3. The first-order chi connectivity index (χ1) is 8.22. The molecule has 0 aromatic heterocycles. The van der Waals surface area contributed by atoms with Crippen molar-refractivity contribution in [2.24, 2.45) is 11.5 Å². The average molecular weight is 254 g/mol. The lowest BCUT2D eigenvalue weighted by atomic mass is 9.95. The van der Waals surface area contributed by atoms with Gasteiger partial charge in [0, 0.05) is 12.5 Å². The van der Waals surface area contributed by atoms with Crippen LogP contribution in [-0.2, 0) is 4.79 Å². The average Bonchev–Trinajstić information content (AvgIpc) is 2.22. The third-order valence-electron chi connectivity index (χ3n) is 2.75. The lowest BCUT2D eigenvalue weighted by Gasteiger charge is -2.25. The number of halogens is 1. The number of nitrogens with two attached hydrogens (primary N) is 2. The second-order valence-electron chi connectivity index (χ2n) is 4.82. The van der Waals surface area contributed by atoms with Crippen LogP contribution in [0.3, 0.4) is 0 Å². The highest BCUT2D eigenvalue weighted by Gasteiger charge is 2.28. The van der Waals surface area contributed by atoms with Crippen molar-refractivity contribution in [1.82, 2.24) is 0 Å². The molecule has 0 heterocycles. The Morgan fingerprint density at radius 1 is 1.56 bits per heavy atom. The van der Waals surface area contributed by atoms with E-state index in [9.17, 15) is 9.18 Å². The van der Waals surface area contributed by atoms with Gasteiger partial charge in [-0.05, 0) is 32.4 Å². The van der Waals surface area contributed by atoms with Gasteiger partial charge >= 0.3 is 0 Å². The number of rotatable bonds is 5. The normalized spacial score (nSPS) is 15.8. The maximum atomic E-state index is 13.1. The number of benzene rings is 1. The van der Waals surface area contributed by atoms with E-state index >= 15 is 0 Å². The third-order valence-corrected chi connectivity index (χ3v) is 2.75. The molecule has 0 aliphatic rings. The number of primary amides is 1. The van der Waals surface area contributed by atoms with Gasteiger partial charge in [-0.15, -0.1) is 0 Å². The highest BCUT2D eigenvalue weighted by Crippen LogP contribution is 2.22. The van der Waals surface area contributed by atoms with Crippen molar-refractivity contribution in [2.75, 3.05) is 0 Å². The van der Waals surface area contributed by atoms with Crippen LogP contribution in [0, 0.1) is 12.7 Å². The van der Waals surface area contributed by atoms with E-state index in [1.807, 2.05) is 6.92 Å². The molecule has 4 nitrogen and oxygen atoms in total. The molecule has 0 fully saturated rings. The Kier molecular flexibility index (Phi) is 4.29.